The monoisotopic (exact) mass is 176 g/mol. The van der Waals surface area contributed by atoms with Gasteiger partial charge in [-0.05, 0) is 25.8 Å². The van der Waals surface area contributed by atoms with Crippen molar-refractivity contribution >= 4 is 0 Å². The summed E-state index contributed by atoms with van der Waals surface area (Å²) in [6.07, 6.45) is 2.39. The van der Waals surface area contributed by atoms with Gasteiger partial charge in [-0.25, -0.2) is 0 Å². The third kappa shape index (κ3) is 3.03. The van der Waals surface area contributed by atoms with E-state index in [2.05, 4.69) is 0 Å². The predicted octanol–water partition coefficient (Wildman–Crippen LogP) is 3.08. The summed E-state index contributed by atoms with van der Waals surface area (Å²) >= 11 is 0. The molecule has 1 nitrogen and oxygen atoms in total. The highest BCUT2D eigenvalue weighted by Gasteiger charge is 2.06. The first-order chi connectivity index (χ1) is 6.24. The Bertz CT molecular complexity index is 274. The highest BCUT2D eigenvalue weighted by molar-refractivity contribution is 5.19. The first-order valence-corrected chi connectivity index (χ1v) is 4.59. The fourth-order valence-corrected chi connectivity index (χ4v) is 1.22. The third-order valence-electron chi connectivity index (χ3n) is 2.19. The average Bonchev–Trinajstić information content (AvgIpc) is 2.19. The van der Waals surface area contributed by atoms with Gasteiger partial charge >= 0.3 is 0 Å². The summed E-state index contributed by atoms with van der Waals surface area (Å²) in [6.45, 7) is 4.03. The third-order valence-corrected chi connectivity index (χ3v) is 2.19. The molecule has 1 atom stereocenters. The lowest BCUT2D eigenvalue weighted by atomic mass is 10.0. The number of hydrogen-bond donors (Lipinski definition) is 1. The summed E-state index contributed by atoms with van der Waals surface area (Å²) in [5, 5.41) is 9.78. The lowest BCUT2D eigenvalue weighted by Gasteiger charge is -2.10. The largest absolute Gasteiger partial charge is 0.388 e. The molecule has 1 aromatic rings. The zero-order valence-electron chi connectivity index (χ0n) is 8.20. The van der Waals surface area contributed by atoms with Gasteiger partial charge < -0.3 is 5.11 Å². The summed E-state index contributed by atoms with van der Waals surface area (Å²) in [6, 6.07) is 9.76. The highest BCUT2D eigenvalue weighted by atomic mass is 16.3. The second-order valence-electron chi connectivity index (χ2n) is 3.27. The Kier molecular flexibility index (Phi) is 3.71. The molecule has 0 amide bonds. The number of benzene rings is 1. The van der Waals surface area contributed by atoms with E-state index in [1.54, 1.807) is 0 Å². The molecule has 0 radical (unpaired) electrons. The van der Waals surface area contributed by atoms with Crippen LogP contribution in [0.15, 0.2) is 42.0 Å². The molecule has 1 heteroatoms. The van der Waals surface area contributed by atoms with E-state index in [4.69, 9.17) is 0 Å². The molecule has 0 aromatic heterocycles. The molecule has 1 unspecified atom stereocenters. The van der Waals surface area contributed by atoms with Gasteiger partial charge in [0.1, 0.15) is 0 Å². The van der Waals surface area contributed by atoms with E-state index in [0.29, 0.717) is 0 Å². The SMILES string of the molecule is C/C=C(/C)CC(O)c1ccccc1. The van der Waals surface area contributed by atoms with Gasteiger partial charge in [0.15, 0.2) is 0 Å². The Morgan fingerprint density at radius 3 is 2.54 bits per heavy atom. The first kappa shape index (κ1) is 10.0. The van der Waals surface area contributed by atoms with E-state index < -0.39 is 0 Å². The topological polar surface area (TPSA) is 20.2 Å². The van der Waals surface area contributed by atoms with E-state index in [1.165, 1.54) is 5.57 Å². The smallest absolute Gasteiger partial charge is 0.0827 e. The maximum absolute atomic E-state index is 9.78. The molecular weight excluding hydrogens is 160 g/mol. The molecule has 0 spiro atoms. The van der Waals surface area contributed by atoms with Crippen LogP contribution in [0, 0.1) is 0 Å². The summed E-state index contributed by atoms with van der Waals surface area (Å²) < 4.78 is 0. The van der Waals surface area contributed by atoms with Gasteiger partial charge in [-0.2, -0.15) is 0 Å². The molecular formula is C12H16O. The summed E-state index contributed by atoms with van der Waals surface area (Å²) in [7, 11) is 0. The maximum atomic E-state index is 9.78. The number of hydrogen-bond acceptors (Lipinski definition) is 1. The zero-order chi connectivity index (χ0) is 9.68. The fourth-order valence-electron chi connectivity index (χ4n) is 1.22. The van der Waals surface area contributed by atoms with Gasteiger partial charge in [0.2, 0.25) is 0 Å². The standard InChI is InChI=1S/C12H16O/c1-3-10(2)9-12(13)11-7-5-4-6-8-11/h3-8,12-13H,9H2,1-2H3/b10-3-. The Balaban J connectivity index is 2.64. The van der Waals surface area contributed by atoms with Crippen molar-refractivity contribution in [1.82, 2.24) is 0 Å². The van der Waals surface area contributed by atoms with Crippen LogP contribution in [0.5, 0.6) is 0 Å². The van der Waals surface area contributed by atoms with Gasteiger partial charge in [0.05, 0.1) is 6.10 Å². The molecule has 1 aromatic carbocycles. The fraction of sp³-hybridized carbons (Fsp3) is 0.333. The van der Waals surface area contributed by atoms with Crippen LogP contribution in [0.4, 0.5) is 0 Å². The van der Waals surface area contributed by atoms with Crippen LogP contribution in [0.3, 0.4) is 0 Å². The van der Waals surface area contributed by atoms with E-state index in [-0.39, 0.29) is 6.10 Å². The molecule has 0 aliphatic carbocycles. The number of aliphatic hydroxyl groups excluding tert-OH is 1. The normalized spacial score (nSPS) is 14.2. The van der Waals surface area contributed by atoms with Crippen LogP contribution in [0.1, 0.15) is 31.9 Å². The van der Waals surface area contributed by atoms with Crippen molar-refractivity contribution in [2.75, 3.05) is 0 Å². The second kappa shape index (κ2) is 4.83. The molecule has 0 saturated heterocycles. The summed E-state index contributed by atoms with van der Waals surface area (Å²) in [4.78, 5) is 0. The van der Waals surface area contributed by atoms with Crippen molar-refractivity contribution in [2.24, 2.45) is 0 Å². The molecule has 70 valence electrons. The molecule has 0 aliphatic rings. The van der Waals surface area contributed by atoms with Crippen molar-refractivity contribution in [3.8, 4) is 0 Å². The van der Waals surface area contributed by atoms with Crippen LogP contribution in [0.25, 0.3) is 0 Å². The van der Waals surface area contributed by atoms with Crippen LogP contribution in [0.2, 0.25) is 0 Å². The minimum atomic E-state index is -0.364. The van der Waals surface area contributed by atoms with E-state index in [9.17, 15) is 5.11 Å². The Hall–Kier alpha value is -1.08. The number of aliphatic hydroxyl groups is 1. The minimum absolute atomic E-state index is 0.364. The molecule has 0 aliphatic heterocycles. The minimum Gasteiger partial charge on any atom is -0.388 e. The molecule has 0 heterocycles. The van der Waals surface area contributed by atoms with Crippen LogP contribution >= 0.6 is 0 Å². The average molecular weight is 176 g/mol. The van der Waals surface area contributed by atoms with Crippen molar-refractivity contribution in [2.45, 2.75) is 26.4 Å². The van der Waals surface area contributed by atoms with Gasteiger partial charge in [-0.3, -0.25) is 0 Å². The second-order valence-corrected chi connectivity index (χ2v) is 3.27. The lowest BCUT2D eigenvalue weighted by molar-refractivity contribution is 0.178. The molecule has 13 heavy (non-hydrogen) atoms. The van der Waals surface area contributed by atoms with Gasteiger partial charge in [0.25, 0.3) is 0 Å². The predicted molar refractivity (Wildman–Crippen MR) is 55.4 cm³/mol. The molecule has 0 fully saturated rings. The van der Waals surface area contributed by atoms with Crippen molar-refractivity contribution in [3.05, 3.63) is 47.5 Å². The van der Waals surface area contributed by atoms with Gasteiger partial charge in [0, 0.05) is 0 Å². The Morgan fingerprint density at radius 2 is 2.00 bits per heavy atom. The summed E-state index contributed by atoms with van der Waals surface area (Å²) in [5.41, 5.74) is 2.21. The summed E-state index contributed by atoms with van der Waals surface area (Å²) in [5.74, 6) is 0. The van der Waals surface area contributed by atoms with E-state index in [1.807, 2.05) is 50.3 Å². The van der Waals surface area contributed by atoms with Crippen molar-refractivity contribution < 1.29 is 5.11 Å². The van der Waals surface area contributed by atoms with Crippen molar-refractivity contribution in [3.63, 3.8) is 0 Å². The zero-order valence-corrected chi connectivity index (χ0v) is 8.20. The van der Waals surface area contributed by atoms with Crippen LogP contribution in [-0.4, -0.2) is 5.11 Å². The number of rotatable bonds is 3. The molecule has 0 bridgehead atoms. The maximum Gasteiger partial charge on any atom is 0.0827 e. The Morgan fingerprint density at radius 1 is 1.38 bits per heavy atom. The quantitative estimate of drug-likeness (QED) is 0.702. The van der Waals surface area contributed by atoms with Gasteiger partial charge in [-0.1, -0.05) is 42.0 Å². The van der Waals surface area contributed by atoms with E-state index >= 15 is 0 Å². The molecule has 1 rings (SSSR count). The van der Waals surface area contributed by atoms with Crippen LogP contribution < -0.4 is 0 Å². The highest BCUT2D eigenvalue weighted by Crippen LogP contribution is 2.19. The Labute approximate surface area is 79.7 Å². The molecule has 1 N–H and O–H groups in total. The lowest BCUT2D eigenvalue weighted by Crippen LogP contribution is -1.97. The van der Waals surface area contributed by atoms with E-state index in [0.717, 1.165) is 12.0 Å². The molecule has 0 saturated carbocycles. The first-order valence-electron chi connectivity index (χ1n) is 4.59. The number of allylic oxidation sites excluding steroid dienone is 1. The van der Waals surface area contributed by atoms with Crippen LogP contribution in [-0.2, 0) is 0 Å². The van der Waals surface area contributed by atoms with Gasteiger partial charge in [-0.15, -0.1) is 0 Å². The van der Waals surface area contributed by atoms with Crippen molar-refractivity contribution in [1.29, 1.82) is 0 Å².